The quantitative estimate of drug-likeness (QED) is 0.260. The minimum Gasteiger partial charge on any atom is -0.369 e. The Morgan fingerprint density at radius 3 is 1.84 bits per heavy atom. The number of halogens is 2. The maximum Gasteiger partial charge on any atom is 0.327 e. The van der Waals surface area contributed by atoms with Crippen molar-refractivity contribution in [1.29, 1.82) is 0 Å². The molecule has 0 saturated heterocycles. The average Bonchev–Trinajstić information content (AvgIpc) is 3.46. The van der Waals surface area contributed by atoms with E-state index in [1.807, 2.05) is 24.3 Å². The first-order valence-corrected chi connectivity index (χ1v) is 11.9. The highest BCUT2D eigenvalue weighted by Crippen LogP contribution is 2.14. The van der Waals surface area contributed by atoms with Crippen LogP contribution in [0, 0.1) is 0 Å². The van der Waals surface area contributed by atoms with E-state index in [1.165, 1.54) is 6.33 Å². The van der Waals surface area contributed by atoms with E-state index in [2.05, 4.69) is 29.9 Å². The Morgan fingerprint density at radius 2 is 1.24 bits per heavy atom. The third-order valence-electron chi connectivity index (χ3n) is 5.55. The van der Waals surface area contributed by atoms with E-state index in [9.17, 15) is 14.4 Å². The molecule has 2 aromatic carbocycles. The van der Waals surface area contributed by atoms with E-state index in [0.29, 0.717) is 39.8 Å². The Morgan fingerprint density at radius 1 is 0.711 bits per heavy atom. The zero-order valence-corrected chi connectivity index (χ0v) is 21.0. The topological polar surface area (TPSA) is 173 Å². The molecular weight excluding hydrogens is 533 g/mol. The predicted molar refractivity (Wildman–Crippen MR) is 145 cm³/mol. The highest BCUT2D eigenvalue weighted by atomic mass is 35.5. The standard InChI is InChI=1S/C12H10ClN5O.C12H9ClN4O2/c13-8-3-1-7(2-4-8)5-18-6-15-10-9(18)11(19)17-12(14)16-10;13-8-3-1-7(2-4-8)5-17-6-14-10-9(17)11(18)16-12(19)15-10/h1-4,6H,5H2,(H3,14,16,17,19);1-4,6H,5H2,(H2,15,16,18,19). The zero-order valence-electron chi connectivity index (χ0n) is 19.5. The van der Waals surface area contributed by atoms with Crippen LogP contribution in [0.4, 0.5) is 5.95 Å². The van der Waals surface area contributed by atoms with Crippen molar-refractivity contribution in [1.82, 2.24) is 39.0 Å². The monoisotopic (exact) mass is 551 g/mol. The van der Waals surface area contributed by atoms with E-state index in [1.54, 1.807) is 39.7 Å². The van der Waals surface area contributed by atoms with Gasteiger partial charge in [-0.1, -0.05) is 47.5 Å². The van der Waals surface area contributed by atoms with E-state index in [0.717, 1.165) is 11.1 Å². The number of imidazole rings is 2. The fraction of sp³-hybridized carbons (Fsp3) is 0.0833. The minimum atomic E-state index is -0.561. The number of aromatic amines is 3. The van der Waals surface area contributed by atoms with E-state index in [-0.39, 0.29) is 17.2 Å². The van der Waals surface area contributed by atoms with Crippen LogP contribution in [0.1, 0.15) is 11.1 Å². The molecule has 14 heteroatoms. The second-order valence-electron chi connectivity index (χ2n) is 8.23. The lowest BCUT2D eigenvalue weighted by Crippen LogP contribution is -2.23. The number of hydrogen-bond acceptors (Lipinski definition) is 7. The predicted octanol–water partition coefficient (Wildman–Crippen LogP) is 2.52. The van der Waals surface area contributed by atoms with Gasteiger partial charge < -0.3 is 14.9 Å². The summed E-state index contributed by atoms with van der Waals surface area (Å²) in [4.78, 5) is 54.0. The van der Waals surface area contributed by atoms with Crippen molar-refractivity contribution in [2.75, 3.05) is 5.73 Å². The van der Waals surface area contributed by atoms with Gasteiger partial charge in [-0.05, 0) is 35.4 Å². The molecule has 4 aromatic heterocycles. The van der Waals surface area contributed by atoms with Crippen LogP contribution in [0.15, 0.2) is 75.6 Å². The van der Waals surface area contributed by atoms with Gasteiger partial charge in [0.1, 0.15) is 0 Å². The molecule has 0 atom stereocenters. The Bertz CT molecular complexity index is 1920. The molecule has 192 valence electrons. The molecule has 12 nitrogen and oxygen atoms in total. The first kappa shape index (κ1) is 25.0. The Hall–Kier alpha value is -4.68. The zero-order chi connectivity index (χ0) is 26.8. The van der Waals surface area contributed by atoms with Crippen molar-refractivity contribution in [2.24, 2.45) is 0 Å². The number of nitrogen functional groups attached to an aromatic ring is 1. The van der Waals surface area contributed by atoms with Crippen molar-refractivity contribution >= 4 is 51.5 Å². The molecule has 0 amide bonds. The van der Waals surface area contributed by atoms with Gasteiger partial charge >= 0.3 is 5.69 Å². The molecule has 0 bridgehead atoms. The van der Waals surface area contributed by atoms with Crippen LogP contribution in [-0.4, -0.2) is 39.0 Å². The first-order valence-electron chi connectivity index (χ1n) is 11.1. The summed E-state index contributed by atoms with van der Waals surface area (Å²) in [5.41, 5.74) is 7.53. The van der Waals surface area contributed by atoms with E-state index < -0.39 is 11.2 Å². The molecule has 38 heavy (non-hydrogen) atoms. The molecule has 4 heterocycles. The molecular formula is C24H19Cl2N9O3. The Labute approximate surface area is 222 Å². The molecule has 0 aliphatic rings. The van der Waals surface area contributed by atoms with Gasteiger partial charge in [-0.2, -0.15) is 4.98 Å². The van der Waals surface area contributed by atoms with Crippen LogP contribution >= 0.6 is 23.2 Å². The number of nitrogens with zero attached hydrogens (tertiary/aromatic N) is 5. The van der Waals surface area contributed by atoms with Gasteiger partial charge in [-0.15, -0.1) is 0 Å². The van der Waals surface area contributed by atoms with Crippen molar-refractivity contribution in [3.8, 4) is 0 Å². The van der Waals surface area contributed by atoms with Crippen LogP contribution in [0.2, 0.25) is 10.0 Å². The van der Waals surface area contributed by atoms with Crippen molar-refractivity contribution < 1.29 is 0 Å². The number of aromatic nitrogens is 8. The molecule has 6 aromatic rings. The summed E-state index contributed by atoms with van der Waals surface area (Å²) >= 11 is 11.7. The average molecular weight is 552 g/mol. The van der Waals surface area contributed by atoms with E-state index >= 15 is 0 Å². The summed E-state index contributed by atoms with van der Waals surface area (Å²) in [6.45, 7) is 0.991. The largest absolute Gasteiger partial charge is 0.369 e. The molecule has 0 fully saturated rings. The van der Waals surface area contributed by atoms with Gasteiger partial charge in [-0.25, -0.2) is 14.8 Å². The molecule has 0 aliphatic carbocycles. The summed E-state index contributed by atoms with van der Waals surface area (Å²) in [5, 5.41) is 1.33. The van der Waals surface area contributed by atoms with Crippen LogP contribution in [0.3, 0.4) is 0 Å². The second-order valence-corrected chi connectivity index (χ2v) is 9.10. The highest BCUT2D eigenvalue weighted by molar-refractivity contribution is 6.30. The molecule has 0 saturated carbocycles. The highest BCUT2D eigenvalue weighted by Gasteiger charge is 2.10. The van der Waals surface area contributed by atoms with Crippen molar-refractivity contribution in [3.63, 3.8) is 0 Å². The molecule has 0 unspecified atom stereocenters. The number of anilines is 1. The summed E-state index contributed by atoms with van der Waals surface area (Å²) < 4.78 is 3.40. The van der Waals surface area contributed by atoms with Crippen LogP contribution in [-0.2, 0) is 13.1 Å². The number of nitrogens with one attached hydrogen (secondary N) is 3. The van der Waals surface area contributed by atoms with Gasteiger partial charge in [0.05, 0.1) is 12.7 Å². The fourth-order valence-corrected chi connectivity index (χ4v) is 4.08. The Balaban J connectivity index is 0.000000155. The number of rotatable bonds is 4. The lowest BCUT2D eigenvalue weighted by molar-refractivity contribution is 0.818. The summed E-state index contributed by atoms with van der Waals surface area (Å²) in [5.74, 6) is 0.0641. The number of H-pyrrole nitrogens is 3. The molecule has 0 aliphatic heterocycles. The second kappa shape index (κ2) is 10.4. The van der Waals surface area contributed by atoms with Crippen LogP contribution in [0.25, 0.3) is 22.3 Å². The lowest BCUT2D eigenvalue weighted by atomic mass is 10.2. The normalized spacial score (nSPS) is 11.0. The van der Waals surface area contributed by atoms with Gasteiger partial charge in [0.2, 0.25) is 5.95 Å². The van der Waals surface area contributed by atoms with E-state index in [4.69, 9.17) is 28.9 Å². The van der Waals surface area contributed by atoms with Gasteiger partial charge in [0.25, 0.3) is 11.1 Å². The van der Waals surface area contributed by atoms with Gasteiger partial charge in [-0.3, -0.25) is 24.5 Å². The number of hydrogen-bond donors (Lipinski definition) is 4. The summed E-state index contributed by atoms with van der Waals surface area (Å²) in [6.07, 6.45) is 3.09. The SMILES string of the molecule is Nc1nc2ncn(Cc3ccc(Cl)cc3)c2c(=O)[nH]1.O=c1[nH]c(=O)c2c(ncn2Cc2ccc(Cl)cc2)[nH]1. The smallest absolute Gasteiger partial charge is 0.327 e. The number of benzene rings is 2. The molecule has 6 rings (SSSR count). The van der Waals surface area contributed by atoms with Crippen molar-refractivity contribution in [2.45, 2.75) is 13.1 Å². The van der Waals surface area contributed by atoms with Crippen LogP contribution < -0.4 is 22.5 Å². The maximum absolute atomic E-state index is 11.9. The third-order valence-corrected chi connectivity index (χ3v) is 6.05. The minimum absolute atomic E-state index is 0.0641. The maximum atomic E-state index is 11.9. The van der Waals surface area contributed by atoms with Gasteiger partial charge in [0.15, 0.2) is 22.3 Å². The number of nitrogens with two attached hydrogens (primary N) is 1. The molecule has 5 N–H and O–H groups in total. The summed E-state index contributed by atoms with van der Waals surface area (Å²) in [6, 6.07) is 14.7. The number of fused-ring (bicyclic) bond motifs is 2. The molecule has 0 radical (unpaired) electrons. The Kier molecular flexibility index (Phi) is 6.81. The fourth-order valence-electron chi connectivity index (χ4n) is 3.83. The van der Waals surface area contributed by atoms with Gasteiger partial charge in [0, 0.05) is 23.1 Å². The van der Waals surface area contributed by atoms with Crippen LogP contribution in [0.5, 0.6) is 0 Å². The molecule has 0 spiro atoms. The third kappa shape index (κ3) is 5.36. The first-order chi connectivity index (χ1) is 18.3. The van der Waals surface area contributed by atoms with Crippen molar-refractivity contribution in [3.05, 3.63) is 114 Å². The lowest BCUT2D eigenvalue weighted by Gasteiger charge is -2.04. The summed E-state index contributed by atoms with van der Waals surface area (Å²) in [7, 11) is 0.